The fourth-order valence-electron chi connectivity index (χ4n) is 2.11. The van der Waals surface area contributed by atoms with Gasteiger partial charge in [0.2, 0.25) is 0 Å². The van der Waals surface area contributed by atoms with E-state index in [0.29, 0.717) is 18.2 Å². The van der Waals surface area contributed by atoms with Gasteiger partial charge in [-0.1, -0.05) is 12.1 Å². The normalized spacial score (nSPS) is 12.1. The van der Waals surface area contributed by atoms with E-state index in [1.807, 2.05) is 0 Å². The van der Waals surface area contributed by atoms with Crippen LogP contribution in [0.4, 0.5) is 26.3 Å². The Morgan fingerprint density at radius 1 is 0.875 bits per heavy atom. The van der Waals surface area contributed by atoms with Gasteiger partial charge in [-0.2, -0.15) is 26.3 Å². The zero-order chi connectivity index (χ0) is 18.1. The van der Waals surface area contributed by atoms with E-state index in [2.05, 4.69) is 4.74 Å². The van der Waals surface area contributed by atoms with E-state index in [4.69, 9.17) is 0 Å². The zero-order valence-electron chi connectivity index (χ0n) is 12.1. The highest BCUT2D eigenvalue weighted by Crippen LogP contribution is 2.38. The summed E-state index contributed by atoms with van der Waals surface area (Å²) in [7, 11) is 1.07. The van der Waals surface area contributed by atoms with E-state index in [9.17, 15) is 31.1 Å². The summed E-state index contributed by atoms with van der Waals surface area (Å²) in [5.41, 5.74) is -2.68. The maximum atomic E-state index is 13.1. The van der Waals surface area contributed by atoms with Gasteiger partial charge in [-0.15, -0.1) is 0 Å². The summed E-state index contributed by atoms with van der Waals surface area (Å²) in [6.45, 7) is 0. The number of alkyl halides is 6. The molecule has 0 aliphatic heterocycles. The Hall–Kier alpha value is -2.51. The van der Waals surface area contributed by atoms with Crippen molar-refractivity contribution in [3.63, 3.8) is 0 Å². The van der Waals surface area contributed by atoms with Crippen molar-refractivity contribution < 1.29 is 35.9 Å². The molecule has 0 fully saturated rings. The average Bonchev–Trinajstić information content (AvgIpc) is 2.52. The molecule has 2 aromatic carbocycles. The lowest BCUT2D eigenvalue weighted by Gasteiger charge is -2.15. The number of carbonyl (C=O) groups excluding carboxylic acids is 1. The molecule has 0 atom stereocenters. The second-order valence-corrected chi connectivity index (χ2v) is 4.82. The summed E-state index contributed by atoms with van der Waals surface area (Å²) in [6.07, 6.45) is -9.33. The van der Waals surface area contributed by atoms with Crippen LogP contribution in [0, 0.1) is 0 Å². The van der Waals surface area contributed by atoms with Crippen molar-refractivity contribution in [2.75, 3.05) is 7.11 Å². The third-order valence-corrected chi connectivity index (χ3v) is 3.27. The Morgan fingerprint density at radius 3 is 1.92 bits per heavy atom. The van der Waals surface area contributed by atoms with Crippen molar-refractivity contribution in [2.45, 2.75) is 12.4 Å². The van der Waals surface area contributed by atoms with E-state index < -0.39 is 35.0 Å². The monoisotopic (exact) mass is 348 g/mol. The molecule has 0 heterocycles. The van der Waals surface area contributed by atoms with Crippen LogP contribution < -0.4 is 0 Å². The first-order valence-electron chi connectivity index (χ1n) is 6.51. The maximum absolute atomic E-state index is 13.1. The molecule has 8 heteroatoms. The molecule has 0 spiro atoms. The highest BCUT2D eigenvalue weighted by atomic mass is 19.4. The molecule has 0 bridgehead atoms. The Kier molecular flexibility index (Phi) is 4.59. The van der Waals surface area contributed by atoms with Crippen molar-refractivity contribution in [3.05, 3.63) is 59.2 Å². The first-order chi connectivity index (χ1) is 11.0. The van der Waals surface area contributed by atoms with Gasteiger partial charge >= 0.3 is 18.3 Å². The van der Waals surface area contributed by atoms with E-state index in [0.717, 1.165) is 31.4 Å². The van der Waals surface area contributed by atoms with Gasteiger partial charge in [-0.3, -0.25) is 0 Å². The number of carbonyl (C=O) groups is 1. The van der Waals surface area contributed by atoms with Crippen LogP contribution in [0.3, 0.4) is 0 Å². The smallest absolute Gasteiger partial charge is 0.417 e. The molecule has 24 heavy (non-hydrogen) atoms. The fraction of sp³-hybridized carbons (Fsp3) is 0.188. The van der Waals surface area contributed by atoms with Crippen LogP contribution in [0.15, 0.2) is 42.5 Å². The average molecular weight is 348 g/mol. The van der Waals surface area contributed by atoms with E-state index in [1.165, 1.54) is 0 Å². The number of halogens is 6. The molecule has 0 N–H and O–H groups in total. The van der Waals surface area contributed by atoms with Crippen molar-refractivity contribution in [1.29, 1.82) is 0 Å². The highest BCUT2D eigenvalue weighted by molar-refractivity contribution is 5.91. The molecule has 2 nitrogen and oxygen atoms in total. The van der Waals surface area contributed by atoms with Gasteiger partial charge in [-0.05, 0) is 41.5 Å². The van der Waals surface area contributed by atoms with Gasteiger partial charge in [0, 0.05) is 0 Å². The summed E-state index contributed by atoms with van der Waals surface area (Å²) in [4.78, 5) is 11.5. The van der Waals surface area contributed by atoms with Gasteiger partial charge in [0.25, 0.3) is 0 Å². The van der Waals surface area contributed by atoms with Crippen LogP contribution >= 0.6 is 0 Å². The van der Waals surface area contributed by atoms with Gasteiger partial charge in [-0.25, -0.2) is 4.79 Å². The second kappa shape index (κ2) is 6.18. The van der Waals surface area contributed by atoms with Crippen molar-refractivity contribution in [3.8, 4) is 11.1 Å². The summed E-state index contributed by atoms with van der Waals surface area (Å²) in [5, 5.41) is 0. The number of hydrogen-bond acceptors (Lipinski definition) is 2. The molecular formula is C16H10F6O2. The van der Waals surface area contributed by atoms with Crippen LogP contribution in [0.5, 0.6) is 0 Å². The topological polar surface area (TPSA) is 26.3 Å². The Bertz CT molecular complexity index is 745. The van der Waals surface area contributed by atoms with E-state index >= 15 is 0 Å². The molecule has 0 aliphatic rings. The molecule has 0 aromatic heterocycles. The first kappa shape index (κ1) is 17.8. The molecule has 0 unspecified atom stereocenters. The molecular weight excluding hydrogens is 338 g/mol. The number of benzene rings is 2. The first-order valence-corrected chi connectivity index (χ1v) is 6.51. The van der Waals surface area contributed by atoms with E-state index in [1.54, 1.807) is 0 Å². The molecule has 0 saturated heterocycles. The molecule has 0 amide bonds. The lowest BCUT2D eigenvalue weighted by atomic mass is 9.96. The third-order valence-electron chi connectivity index (χ3n) is 3.27. The highest BCUT2D eigenvalue weighted by Gasteiger charge is 2.35. The minimum atomic E-state index is -4.73. The predicted molar refractivity (Wildman–Crippen MR) is 73.2 cm³/mol. The zero-order valence-corrected chi connectivity index (χ0v) is 12.1. The largest absolute Gasteiger partial charge is 0.465 e. The summed E-state index contributed by atoms with van der Waals surface area (Å²) in [6, 6.07) is 5.79. The van der Waals surface area contributed by atoms with Gasteiger partial charge in [0.05, 0.1) is 23.8 Å². The minimum absolute atomic E-state index is 0.0962. The van der Waals surface area contributed by atoms with E-state index in [-0.39, 0.29) is 11.1 Å². The summed E-state index contributed by atoms with van der Waals surface area (Å²) >= 11 is 0. The summed E-state index contributed by atoms with van der Waals surface area (Å²) < 4.78 is 81.5. The Morgan fingerprint density at radius 2 is 1.46 bits per heavy atom. The van der Waals surface area contributed by atoms with Gasteiger partial charge in [0.15, 0.2) is 0 Å². The van der Waals surface area contributed by atoms with Gasteiger partial charge in [0.1, 0.15) is 0 Å². The van der Waals surface area contributed by atoms with Crippen LogP contribution in [0.25, 0.3) is 11.1 Å². The lowest BCUT2D eigenvalue weighted by molar-refractivity contribution is -0.138. The second-order valence-electron chi connectivity index (χ2n) is 4.82. The Labute approximate surface area is 132 Å². The van der Waals surface area contributed by atoms with Crippen LogP contribution in [0.2, 0.25) is 0 Å². The van der Waals surface area contributed by atoms with Crippen molar-refractivity contribution in [1.82, 2.24) is 0 Å². The molecule has 0 saturated carbocycles. The summed E-state index contributed by atoms with van der Waals surface area (Å²) in [5.74, 6) is -0.850. The van der Waals surface area contributed by atoms with Crippen LogP contribution in [-0.2, 0) is 17.1 Å². The molecule has 0 aliphatic carbocycles. The fourth-order valence-corrected chi connectivity index (χ4v) is 2.11. The molecule has 2 aromatic rings. The predicted octanol–water partition coefficient (Wildman–Crippen LogP) is 5.18. The molecule has 0 radical (unpaired) electrons. The Balaban J connectivity index is 2.59. The lowest BCUT2D eigenvalue weighted by Crippen LogP contribution is -2.10. The SMILES string of the molecule is COC(=O)c1ccc(C(F)(F)F)c(-c2ccc(C(F)(F)F)cc2)c1. The third kappa shape index (κ3) is 3.69. The maximum Gasteiger partial charge on any atom is 0.417 e. The number of methoxy groups -OCH3 is 1. The number of rotatable bonds is 2. The molecule has 2 rings (SSSR count). The minimum Gasteiger partial charge on any atom is -0.465 e. The number of esters is 1. The van der Waals surface area contributed by atoms with Crippen molar-refractivity contribution >= 4 is 5.97 Å². The quantitative estimate of drug-likeness (QED) is 0.552. The standard InChI is InChI=1S/C16H10F6O2/c1-24-14(23)10-4-7-13(16(20,21)22)12(8-10)9-2-5-11(6-3-9)15(17,18)19/h2-8H,1H3. The number of ether oxygens (including phenoxy) is 1. The van der Waals surface area contributed by atoms with Gasteiger partial charge < -0.3 is 4.74 Å². The molecule has 128 valence electrons. The number of hydrogen-bond donors (Lipinski definition) is 0. The van der Waals surface area contributed by atoms with Crippen LogP contribution in [0.1, 0.15) is 21.5 Å². The van der Waals surface area contributed by atoms with Crippen LogP contribution in [-0.4, -0.2) is 13.1 Å². The van der Waals surface area contributed by atoms with Crippen molar-refractivity contribution in [2.24, 2.45) is 0 Å².